The number of nitro groups is 1. The van der Waals surface area contributed by atoms with Gasteiger partial charge < -0.3 is 10.4 Å². The molecule has 0 spiro atoms. The summed E-state index contributed by atoms with van der Waals surface area (Å²) in [6.45, 7) is 0.565. The van der Waals surface area contributed by atoms with E-state index < -0.39 is 10.9 Å². The van der Waals surface area contributed by atoms with Crippen LogP contribution in [0.4, 0.5) is 11.5 Å². The first-order valence-corrected chi connectivity index (χ1v) is 6.06. The Morgan fingerprint density at radius 2 is 2.20 bits per heavy atom. The van der Waals surface area contributed by atoms with Gasteiger partial charge in [0.2, 0.25) is 5.69 Å². The fraction of sp³-hybridized carbons (Fsp3) is 0.417. The number of aromatic nitrogens is 1. The second kappa shape index (κ2) is 7.68. The Balaban J connectivity index is 2.44. The molecule has 0 radical (unpaired) electrons. The largest absolute Gasteiger partial charge is 0.481 e. The number of nitriles is 1. The molecule has 1 rings (SSSR count). The van der Waals surface area contributed by atoms with E-state index in [9.17, 15) is 14.9 Å². The number of nitrogens with one attached hydrogen (secondary N) is 1. The van der Waals surface area contributed by atoms with Gasteiger partial charge in [0, 0.05) is 19.0 Å². The second-order valence-corrected chi connectivity index (χ2v) is 4.06. The Hall–Kier alpha value is -2.69. The minimum Gasteiger partial charge on any atom is -0.481 e. The van der Waals surface area contributed by atoms with Gasteiger partial charge in [0.05, 0.1) is 4.92 Å². The zero-order valence-electron chi connectivity index (χ0n) is 10.7. The topological polar surface area (TPSA) is 129 Å². The SMILES string of the molecule is N#Cc1nc(NCCCCCC(=O)O)ccc1[N+](=O)[O-]. The first-order valence-electron chi connectivity index (χ1n) is 6.06. The first kappa shape index (κ1) is 15.4. The standard InChI is InChI=1S/C12H14N4O4/c13-8-9-10(16(19)20)5-6-11(15-9)14-7-3-1-2-4-12(17)18/h5-6H,1-4,7H2,(H,14,15)(H,17,18). The predicted molar refractivity (Wildman–Crippen MR) is 70.2 cm³/mol. The van der Waals surface area contributed by atoms with Gasteiger partial charge in [0.25, 0.3) is 0 Å². The smallest absolute Gasteiger partial charge is 0.305 e. The summed E-state index contributed by atoms with van der Waals surface area (Å²) in [6, 6.07) is 4.36. The number of carbonyl (C=O) groups is 1. The summed E-state index contributed by atoms with van der Waals surface area (Å²) in [5, 5.41) is 30.8. The number of nitrogens with zero attached hydrogens (tertiary/aromatic N) is 3. The maximum absolute atomic E-state index is 10.6. The van der Waals surface area contributed by atoms with Crippen LogP contribution in [-0.2, 0) is 4.79 Å². The molecule has 0 aromatic carbocycles. The molecule has 0 fully saturated rings. The van der Waals surface area contributed by atoms with Crippen molar-refractivity contribution in [3.63, 3.8) is 0 Å². The van der Waals surface area contributed by atoms with Crippen LogP contribution in [0, 0.1) is 21.4 Å². The van der Waals surface area contributed by atoms with Crippen LogP contribution in [0.1, 0.15) is 31.4 Å². The quantitative estimate of drug-likeness (QED) is 0.422. The van der Waals surface area contributed by atoms with Crippen LogP contribution in [0.3, 0.4) is 0 Å². The number of pyridine rings is 1. The van der Waals surface area contributed by atoms with E-state index in [1.165, 1.54) is 12.1 Å². The summed E-state index contributed by atoms with van der Waals surface area (Å²) in [7, 11) is 0. The molecule has 20 heavy (non-hydrogen) atoms. The van der Waals surface area contributed by atoms with E-state index in [-0.39, 0.29) is 17.8 Å². The highest BCUT2D eigenvalue weighted by Gasteiger charge is 2.15. The molecule has 0 bridgehead atoms. The maximum atomic E-state index is 10.6. The lowest BCUT2D eigenvalue weighted by Gasteiger charge is -2.05. The summed E-state index contributed by atoms with van der Waals surface area (Å²) < 4.78 is 0. The van der Waals surface area contributed by atoms with Crippen LogP contribution < -0.4 is 5.32 Å². The van der Waals surface area contributed by atoms with Crippen LogP contribution >= 0.6 is 0 Å². The first-order chi connectivity index (χ1) is 9.54. The van der Waals surface area contributed by atoms with Crippen molar-refractivity contribution >= 4 is 17.5 Å². The van der Waals surface area contributed by atoms with Crippen molar-refractivity contribution < 1.29 is 14.8 Å². The van der Waals surface area contributed by atoms with Gasteiger partial charge in [-0.3, -0.25) is 14.9 Å². The Morgan fingerprint density at radius 3 is 2.80 bits per heavy atom. The summed E-state index contributed by atoms with van der Waals surface area (Å²) in [5.41, 5.74) is -0.551. The van der Waals surface area contributed by atoms with Gasteiger partial charge in [-0.05, 0) is 18.9 Å². The van der Waals surface area contributed by atoms with Crippen LogP contribution in [0.2, 0.25) is 0 Å². The van der Waals surface area contributed by atoms with Gasteiger partial charge in [0.15, 0.2) is 0 Å². The lowest BCUT2D eigenvalue weighted by molar-refractivity contribution is -0.385. The van der Waals surface area contributed by atoms with Crippen molar-refractivity contribution in [1.29, 1.82) is 5.26 Å². The van der Waals surface area contributed by atoms with E-state index in [2.05, 4.69) is 10.3 Å². The Morgan fingerprint density at radius 1 is 1.45 bits per heavy atom. The molecule has 0 amide bonds. The third-order valence-electron chi connectivity index (χ3n) is 2.55. The van der Waals surface area contributed by atoms with Gasteiger partial charge in [-0.2, -0.15) is 5.26 Å². The van der Waals surface area contributed by atoms with E-state index in [1.54, 1.807) is 6.07 Å². The zero-order chi connectivity index (χ0) is 15.0. The van der Waals surface area contributed by atoms with E-state index in [1.807, 2.05) is 0 Å². The normalized spacial score (nSPS) is 9.75. The molecule has 1 aromatic heterocycles. The number of anilines is 1. The van der Waals surface area contributed by atoms with Crippen molar-refractivity contribution in [3.05, 3.63) is 27.9 Å². The van der Waals surface area contributed by atoms with Gasteiger partial charge in [0.1, 0.15) is 11.9 Å². The number of carboxylic acids is 1. The molecule has 106 valence electrons. The third-order valence-corrected chi connectivity index (χ3v) is 2.55. The molecule has 1 aromatic rings. The average Bonchev–Trinajstić information content (AvgIpc) is 2.41. The lowest BCUT2D eigenvalue weighted by Crippen LogP contribution is -2.05. The van der Waals surface area contributed by atoms with Crippen molar-refractivity contribution in [2.45, 2.75) is 25.7 Å². The predicted octanol–water partition coefficient (Wildman–Crippen LogP) is 1.92. The molecule has 0 aliphatic heterocycles. The van der Waals surface area contributed by atoms with Crippen LogP contribution in [0.15, 0.2) is 12.1 Å². The molecule has 8 heteroatoms. The Bertz CT molecular complexity index is 539. The Labute approximate surface area is 115 Å². The second-order valence-electron chi connectivity index (χ2n) is 4.06. The lowest BCUT2D eigenvalue weighted by atomic mass is 10.2. The van der Waals surface area contributed by atoms with Gasteiger partial charge >= 0.3 is 11.7 Å². The minimum atomic E-state index is -0.811. The fourth-order valence-electron chi connectivity index (χ4n) is 1.57. The van der Waals surface area contributed by atoms with E-state index >= 15 is 0 Å². The summed E-state index contributed by atoms with van der Waals surface area (Å²) >= 11 is 0. The maximum Gasteiger partial charge on any atom is 0.305 e. The molecule has 0 unspecified atom stereocenters. The van der Waals surface area contributed by atoms with Gasteiger partial charge in [-0.1, -0.05) is 6.42 Å². The number of hydrogen-bond acceptors (Lipinski definition) is 6. The average molecular weight is 278 g/mol. The summed E-state index contributed by atoms with van der Waals surface area (Å²) in [4.78, 5) is 24.1. The molecule has 0 atom stereocenters. The zero-order valence-corrected chi connectivity index (χ0v) is 10.7. The van der Waals surface area contributed by atoms with Crippen LogP contribution in [0.5, 0.6) is 0 Å². The third kappa shape index (κ3) is 4.89. The van der Waals surface area contributed by atoms with Gasteiger partial charge in [-0.25, -0.2) is 4.98 Å². The molecule has 1 heterocycles. The van der Waals surface area contributed by atoms with Gasteiger partial charge in [-0.15, -0.1) is 0 Å². The van der Waals surface area contributed by atoms with Crippen LogP contribution in [-0.4, -0.2) is 27.5 Å². The monoisotopic (exact) mass is 278 g/mol. The van der Waals surface area contributed by atoms with E-state index in [0.717, 1.165) is 12.8 Å². The number of hydrogen-bond donors (Lipinski definition) is 2. The number of aliphatic carboxylic acids is 1. The van der Waals surface area contributed by atoms with Crippen LogP contribution in [0.25, 0.3) is 0 Å². The molecule has 8 nitrogen and oxygen atoms in total. The number of rotatable bonds is 8. The highest BCUT2D eigenvalue weighted by atomic mass is 16.6. The highest BCUT2D eigenvalue weighted by molar-refractivity contribution is 5.66. The molecule has 0 aliphatic rings. The molecule has 0 saturated heterocycles. The van der Waals surface area contributed by atoms with E-state index in [0.29, 0.717) is 18.8 Å². The Kier molecular flexibility index (Phi) is 5.90. The van der Waals surface area contributed by atoms with Crippen molar-refractivity contribution in [1.82, 2.24) is 4.98 Å². The van der Waals surface area contributed by atoms with E-state index in [4.69, 9.17) is 10.4 Å². The molecule has 2 N–H and O–H groups in total. The number of unbranched alkanes of at least 4 members (excludes halogenated alkanes) is 2. The molecule has 0 saturated carbocycles. The molecular weight excluding hydrogens is 264 g/mol. The number of carboxylic acid groups (broad SMARTS) is 1. The fourth-order valence-corrected chi connectivity index (χ4v) is 1.57. The minimum absolute atomic E-state index is 0.147. The molecular formula is C12H14N4O4. The van der Waals surface area contributed by atoms with Crippen molar-refractivity contribution in [2.75, 3.05) is 11.9 Å². The summed E-state index contributed by atoms with van der Waals surface area (Å²) in [5.74, 6) is -0.418. The van der Waals surface area contributed by atoms with Crippen molar-refractivity contribution in [2.24, 2.45) is 0 Å². The van der Waals surface area contributed by atoms with Crippen molar-refractivity contribution in [3.8, 4) is 6.07 Å². The highest BCUT2D eigenvalue weighted by Crippen LogP contribution is 2.18. The summed E-state index contributed by atoms with van der Waals surface area (Å²) in [6.07, 6.45) is 2.27. The molecule has 0 aliphatic carbocycles.